The fraction of sp³-hybridized carbons (Fsp3) is 0.250. The van der Waals surface area contributed by atoms with E-state index < -0.39 is 42.0 Å². The number of anilines is 4. The van der Waals surface area contributed by atoms with Crippen LogP contribution in [0.2, 0.25) is 0 Å². The van der Waals surface area contributed by atoms with Crippen LogP contribution >= 0.6 is 0 Å². The van der Waals surface area contributed by atoms with Gasteiger partial charge in [-0.1, -0.05) is 0 Å². The molecule has 4 rings (SSSR count). The summed E-state index contributed by atoms with van der Waals surface area (Å²) in [6.07, 6.45) is 6.28. The lowest BCUT2D eigenvalue weighted by Gasteiger charge is -2.04. The van der Waals surface area contributed by atoms with Crippen LogP contribution in [-0.2, 0) is 37.8 Å². The lowest BCUT2D eigenvalue weighted by Crippen LogP contribution is -2.32. The number of carbonyl (C=O) groups is 6. The van der Waals surface area contributed by atoms with E-state index in [0.29, 0.717) is 23.0 Å². The van der Waals surface area contributed by atoms with Crippen LogP contribution < -0.4 is 49.1 Å². The largest absolute Gasteiger partial charge is 0.388 e. The van der Waals surface area contributed by atoms with Crippen LogP contribution in [0.5, 0.6) is 0 Å². The highest BCUT2D eigenvalue weighted by Crippen LogP contribution is 2.19. The van der Waals surface area contributed by atoms with E-state index in [9.17, 15) is 28.8 Å². The van der Waals surface area contributed by atoms with Crippen LogP contribution in [-0.4, -0.2) is 85.1 Å². The first kappa shape index (κ1) is 38.5. The smallest absolute Gasteiger partial charge is 0.272 e. The van der Waals surface area contributed by atoms with Crippen molar-refractivity contribution in [1.29, 1.82) is 5.41 Å². The fourth-order valence-electron chi connectivity index (χ4n) is 4.94. The molecule has 0 aliphatic carbocycles. The molecule has 53 heavy (non-hydrogen) atoms. The standard InChI is InChI=1S/C32H41N15O6/c1-44-16-20(10-21(44)30(52)37-6-5-23(33)34)41-31(53)22-9-19(15-45(22)2)40-26(48)11-38-28(50)17-7-25(47(4)13-17)43-29(51)18-8-24(46(3)14-18)42-27(49)12-39-32(35)36/h7-10,13-16H,5-6,11-12H2,1-4H3,(H3,33,34)(H,37,52)(H,38,50)(H,40,48)(H,41,53)(H,42,49)(H,43,51)(H4,35,36,39). The number of hydrogen-bond acceptors (Lipinski definition) is 8. The molecule has 4 heterocycles. The lowest BCUT2D eigenvalue weighted by atomic mass is 10.3. The molecule has 0 saturated carbocycles. The van der Waals surface area contributed by atoms with Crippen LogP contribution in [0.15, 0.2) is 54.0 Å². The number of aliphatic imine (C=N–C) groups is 1. The molecule has 0 unspecified atom stereocenters. The summed E-state index contributed by atoms with van der Waals surface area (Å²) < 4.78 is 6.10. The van der Waals surface area contributed by atoms with Crippen molar-refractivity contribution in [3.63, 3.8) is 0 Å². The number of amidine groups is 1. The van der Waals surface area contributed by atoms with Gasteiger partial charge in [-0.25, -0.2) is 4.99 Å². The summed E-state index contributed by atoms with van der Waals surface area (Å²) >= 11 is 0. The van der Waals surface area contributed by atoms with Gasteiger partial charge in [-0.05, 0) is 24.3 Å². The van der Waals surface area contributed by atoms with Crippen molar-refractivity contribution in [2.45, 2.75) is 6.42 Å². The van der Waals surface area contributed by atoms with E-state index in [1.54, 1.807) is 39.0 Å². The molecule has 0 saturated heterocycles. The van der Waals surface area contributed by atoms with E-state index in [0.717, 1.165) is 0 Å². The third kappa shape index (κ3) is 10.3. The van der Waals surface area contributed by atoms with Gasteiger partial charge in [-0.15, -0.1) is 0 Å². The van der Waals surface area contributed by atoms with Gasteiger partial charge < -0.3 is 67.4 Å². The summed E-state index contributed by atoms with van der Waals surface area (Å²) in [7, 11) is 6.51. The van der Waals surface area contributed by atoms with Crippen molar-refractivity contribution >= 4 is 70.2 Å². The van der Waals surface area contributed by atoms with E-state index in [-0.39, 0.29) is 53.8 Å². The van der Waals surface area contributed by atoms with Crippen LogP contribution in [0.3, 0.4) is 0 Å². The number of aryl methyl sites for hydroxylation is 4. The van der Waals surface area contributed by atoms with Crippen LogP contribution in [0, 0.1) is 5.41 Å². The number of amides is 6. The molecule has 0 spiro atoms. The van der Waals surface area contributed by atoms with Crippen LogP contribution in [0.25, 0.3) is 0 Å². The Hall–Kier alpha value is -7.32. The van der Waals surface area contributed by atoms with Crippen molar-refractivity contribution in [2.24, 2.45) is 50.4 Å². The minimum Gasteiger partial charge on any atom is -0.388 e. The van der Waals surface area contributed by atoms with E-state index in [1.165, 1.54) is 56.6 Å². The zero-order valence-corrected chi connectivity index (χ0v) is 29.4. The number of nitrogens with one attached hydrogen (secondary N) is 7. The number of carbonyl (C=O) groups excluding carboxylic acids is 6. The van der Waals surface area contributed by atoms with E-state index in [2.05, 4.69) is 36.9 Å². The van der Waals surface area contributed by atoms with Crippen molar-refractivity contribution in [3.8, 4) is 0 Å². The van der Waals surface area contributed by atoms with Gasteiger partial charge >= 0.3 is 0 Å². The first-order chi connectivity index (χ1) is 25.0. The maximum absolute atomic E-state index is 13.0. The molecule has 4 aromatic rings. The van der Waals surface area contributed by atoms with E-state index in [4.69, 9.17) is 22.6 Å². The topological polar surface area (TPSA) is 309 Å². The van der Waals surface area contributed by atoms with Crippen molar-refractivity contribution in [3.05, 3.63) is 71.6 Å². The molecule has 0 aliphatic rings. The maximum Gasteiger partial charge on any atom is 0.272 e. The Bertz CT molecular complexity index is 2110. The first-order valence-electron chi connectivity index (χ1n) is 15.8. The minimum atomic E-state index is -0.579. The lowest BCUT2D eigenvalue weighted by molar-refractivity contribution is -0.115. The van der Waals surface area contributed by atoms with Gasteiger partial charge in [0, 0.05) is 65.9 Å². The maximum atomic E-state index is 13.0. The van der Waals surface area contributed by atoms with E-state index in [1.807, 2.05) is 0 Å². The van der Waals surface area contributed by atoms with Crippen molar-refractivity contribution in [2.75, 3.05) is 40.9 Å². The summed E-state index contributed by atoms with van der Waals surface area (Å²) in [4.78, 5) is 79.6. The summed E-state index contributed by atoms with van der Waals surface area (Å²) in [5.41, 5.74) is 17.4. The molecule has 0 aliphatic heterocycles. The Morgan fingerprint density at radius 1 is 0.623 bits per heavy atom. The van der Waals surface area contributed by atoms with Crippen LogP contribution in [0.1, 0.15) is 48.1 Å². The monoisotopic (exact) mass is 731 g/mol. The van der Waals surface area contributed by atoms with Crippen LogP contribution in [0.4, 0.5) is 23.0 Å². The quantitative estimate of drug-likeness (QED) is 0.0539. The Labute approximate surface area is 302 Å². The number of aromatic nitrogens is 4. The Morgan fingerprint density at radius 2 is 1.17 bits per heavy atom. The zero-order valence-electron chi connectivity index (χ0n) is 29.4. The first-order valence-corrected chi connectivity index (χ1v) is 15.8. The number of guanidine groups is 1. The molecule has 0 bridgehead atoms. The summed E-state index contributed by atoms with van der Waals surface area (Å²) in [6.45, 7) is -0.486. The molecule has 0 atom stereocenters. The van der Waals surface area contributed by atoms with Crippen molar-refractivity contribution in [1.82, 2.24) is 28.9 Å². The van der Waals surface area contributed by atoms with Crippen molar-refractivity contribution < 1.29 is 28.8 Å². The molecule has 0 radical (unpaired) electrons. The Kier molecular flexibility index (Phi) is 12.0. The van der Waals surface area contributed by atoms with E-state index >= 15 is 0 Å². The molecular formula is C32H41N15O6. The highest BCUT2D eigenvalue weighted by molar-refractivity contribution is 6.07. The predicted molar refractivity (Wildman–Crippen MR) is 197 cm³/mol. The number of nitrogens with zero attached hydrogens (tertiary/aromatic N) is 5. The molecule has 0 aromatic carbocycles. The SMILES string of the molecule is Cn1cc(C(=O)Nc2cc(C(=O)NCC(=O)Nc3cc(C(=O)Nc4cc(C(=O)NCCC(=N)N)n(C)c4)n(C)c3)cn2C)cc1NC(=O)CN=C(N)N. The second-order valence-corrected chi connectivity index (χ2v) is 11.9. The summed E-state index contributed by atoms with van der Waals surface area (Å²) in [5.74, 6) is -2.68. The number of nitrogens with two attached hydrogens (primary N) is 3. The third-order valence-electron chi connectivity index (χ3n) is 7.55. The van der Waals surface area contributed by atoms with Gasteiger partial charge in [0.2, 0.25) is 11.8 Å². The molecule has 4 aromatic heterocycles. The van der Waals surface area contributed by atoms with Gasteiger partial charge in [0.1, 0.15) is 29.6 Å². The Morgan fingerprint density at radius 3 is 1.75 bits per heavy atom. The average molecular weight is 732 g/mol. The second-order valence-electron chi connectivity index (χ2n) is 11.9. The third-order valence-corrected chi connectivity index (χ3v) is 7.55. The summed E-state index contributed by atoms with van der Waals surface area (Å²) in [6, 6.07) is 5.85. The fourth-order valence-corrected chi connectivity index (χ4v) is 4.94. The Balaban J connectivity index is 1.28. The molecule has 13 N–H and O–H groups in total. The second kappa shape index (κ2) is 16.6. The molecular weight excluding hydrogens is 690 g/mol. The minimum absolute atomic E-state index is 0.0485. The van der Waals surface area contributed by atoms with Gasteiger partial charge in [0.15, 0.2) is 5.96 Å². The number of rotatable bonds is 15. The highest BCUT2D eigenvalue weighted by Gasteiger charge is 2.19. The highest BCUT2D eigenvalue weighted by atomic mass is 16.2. The number of hydrogen-bond donors (Lipinski definition) is 10. The zero-order chi connectivity index (χ0) is 39.0. The van der Waals surface area contributed by atoms with Gasteiger partial charge in [-0.3, -0.25) is 34.2 Å². The van der Waals surface area contributed by atoms with Gasteiger partial charge in [-0.2, -0.15) is 0 Å². The molecule has 0 fully saturated rings. The molecule has 280 valence electrons. The molecule has 21 heteroatoms. The normalized spacial score (nSPS) is 10.6. The predicted octanol–water partition coefficient (Wildman–Crippen LogP) is -0.819. The van der Waals surface area contributed by atoms with Gasteiger partial charge in [0.25, 0.3) is 23.6 Å². The molecule has 6 amide bonds. The average Bonchev–Trinajstić information content (AvgIpc) is 3.84. The molecule has 21 nitrogen and oxygen atoms in total. The van der Waals surface area contributed by atoms with Gasteiger partial charge in [0.05, 0.1) is 34.9 Å². The summed E-state index contributed by atoms with van der Waals surface area (Å²) in [5, 5.41) is 23.1.